The van der Waals surface area contributed by atoms with E-state index in [0.717, 1.165) is 19.8 Å². The van der Waals surface area contributed by atoms with Gasteiger partial charge < -0.3 is 5.73 Å². The fourth-order valence-electron chi connectivity index (χ4n) is 1.91. The zero-order valence-electron chi connectivity index (χ0n) is 7.52. The van der Waals surface area contributed by atoms with Crippen molar-refractivity contribution in [2.75, 3.05) is 6.54 Å². The van der Waals surface area contributed by atoms with Crippen LogP contribution in [0.25, 0.3) is 0 Å². The molecule has 0 radical (unpaired) electrons. The molecule has 1 saturated carbocycles. The lowest BCUT2D eigenvalue weighted by Gasteiger charge is -2.31. The Labute approximate surface area is 72.3 Å². The lowest BCUT2D eigenvalue weighted by Crippen LogP contribution is -2.30. The molecule has 2 N–H and O–H groups in total. The van der Waals surface area contributed by atoms with Crippen LogP contribution < -0.4 is 5.73 Å². The molecule has 72 valence electrons. The third-order valence-electron chi connectivity index (χ3n) is 2.90. The van der Waals surface area contributed by atoms with Crippen molar-refractivity contribution in [3.05, 3.63) is 0 Å². The quantitative estimate of drug-likeness (QED) is 0.688. The van der Waals surface area contributed by atoms with E-state index < -0.39 is 11.8 Å². The summed E-state index contributed by atoms with van der Waals surface area (Å²) in [5.41, 5.74) is 5.47. The first kappa shape index (κ1) is 9.90. The Morgan fingerprint density at radius 2 is 1.75 bits per heavy atom. The fraction of sp³-hybridized carbons (Fsp3) is 1.00. The molecule has 0 unspecified atom stereocenters. The standard InChI is InChI=1S/C9H17F2N/c1-9(10,11)8-4-2-7(6-12)3-5-8/h7-8H,2-6,12H2,1H3. The van der Waals surface area contributed by atoms with Gasteiger partial charge >= 0.3 is 0 Å². The maximum absolute atomic E-state index is 12.8. The van der Waals surface area contributed by atoms with Gasteiger partial charge in [-0.15, -0.1) is 0 Å². The first-order chi connectivity index (χ1) is 5.54. The Balaban J connectivity index is 2.36. The van der Waals surface area contributed by atoms with Gasteiger partial charge in [-0.05, 0) is 45.1 Å². The van der Waals surface area contributed by atoms with Crippen LogP contribution in [-0.2, 0) is 0 Å². The van der Waals surface area contributed by atoms with Gasteiger partial charge in [-0.3, -0.25) is 0 Å². The summed E-state index contributed by atoms with van der Waals surface area (Å²) in [7, 11) is 0. The Morgan fingerprint density at radius 3 is 2.08 bits per heavy atom. The van der Waals surface area contributed by atoms with Crippen LogP contribution >= 0.6 is 0 Å². The Hall–Kier alpha value is -0.180. The van der Waals surface area contributed by atoms with Crippen LogP contribution in [0.3, 0.4) is 0 Å². The van der Waals surface area contributed by atoms with Crippen LogP contribution in [0.4, 0.5) is 8.78 Å². The van der Waals surface area contributed by atoms with Crippen molar-refractivity contribution < 1.29 is 8.78 Å². The number of alkyl halides is 2. The minimum Gasteiger partial charge on any atom is -0.330 e. The van der Waals surface area contributed by atoms with E-state index in [1.54, 1.807) is 0 Å². The molecule has 0 aromatic carbocycles. The molecule has 3 heteroatoms. The summed E-state index contributed by atoms with van der Waals surface area (Å²) in [4.78, 5) is 0. The molecular weight excluding hydrogens is 160 g/mol. The topological polar surface area (TPSA) is 26.0 Å². The summed E-state index contributed by atoms with van der Waals surface area (Å²) in [6, 6.07) is 0. The van der Waals surface area contributed by atoms with Gasteiger partial charge in [0.2, 0.25) is 5.92 Å². The zero-order valence-corrected chi connectivity index (χ0v) is 7.52. The van der Waals surface area contributed by atoms with Gasteiger partial charge in [0.05, 0.1) is 0 Å². The molecule has 0 amide bonds. The highest BCUT2D eigenvalue weighted by Gasteiger charge is 2.36. The average molecular weight is 177 g/mol. The molecule has 1 nitrogen and oxygen atoms in total. The van der Waals surface area contributed by atoms with Gasteiger partial charge in [0.25, 0.3) is 0 Å². The van der Waals surface area contributed by atoms with Crippen LogP contribution in [0.2, 0.25) is 0 Å². The first-order valence-electron chi connectivity index (χ1n) is 4.62. The van der Waals surface area contributed by atoms with Crippen LogP contribution in [0.1, 0.15) is 32.6 Å². The number of rotatable bonds is 2. The smallest absolute Gasteiger partial charge is 0.248 e. The molecule has 0 spiro atoms. The van der Waals surface area contributed by atoms with Crippen LogP contribution in [0.15, 0.2) is 0 Å². The third kappa shape index (κ3) is 2.41. The Kier molecular flexibility index (Phi) is 3.04. The Morgan fingerprint density at radius 1 is 1.25 bits per heavy atom. The van der Waals surface area contributed by atoms with Crippen molar-refractivity contribution in [1.82, 2.24) is 0 Å². The van der Waals surface area contributed by atoms with Crippen LogP contribution in [-0.4, -0.2) is 12.5 Å². The van der Waals surface area contributed by atoms with E-state index in [1.807, 2.05) is 0 Å². The van der Waals surface area contributed by atoms with E-state index in [9.17, 15) is 8.78 Å². The molecule has 0 aromatic rings. The summed E-state index contributed by atoms with van der Waals surface area (Å²) < 4.78 is 25.6. The first-order valence-corrected chi connectivity index (χ1v) is 4.62. The van der Waals surface area contributed by atoms with Crippen molar-refractivity contribution >= 4 is 0 Å². The molecule has 0 saturated heterocycles. The Bertz CT molecular complexity index is 134. The maximum Gasteiger partial charge on any atom is 0.248 e. The van der Waals surface area contributed by atoms with Crippen molar-refractivity contribution in [3.63, 3.8) is 0 Å². The fourth-order valence-corrected chi connectivity index (χ4v) is 1.91. The summed E-state index contributed by atoms with van der Waals surface area (Å²) in [6.07, 6.45) is 3.05. The third-order valence-corrected chi connectivity index (χ3v) is 2.90. The van der Waals surface area contributed by atoms with Crippen LogP contribution in [0.5, 0.6) is 0 Å². The summed E-state index contributed by atoms with van der Waals surface area (Å²) >= 11 is 0. The molecule has 0 bridgehead atoms. The van der Waals surface area contributed by atoms with E-state index >= 15 is 0 Å². The highest BCUT2D eigenvalue weighted by molar-refractivity contribution is 4.79. The highest BCUT2D eigenvalue weighted by Crippen LogP contribution is 2.37. The van der Waals surface area contributed by atoms with Gasteiger partial charge in [-0.25, -0.2) is 8.78 Å². The minimum absolute atomic E-state index is 0.403. The minimum atomic E-state index is -2.49. The van der Waals surface area contributed by atoms with E-state index in [0.29, 0.717) is 25.3 Å². The molecule has 1 aliphatic rings. The van der Waals surface area contributed by atoms with E-state index in [1.165, 1.54) is 0 Å². The number of nitrogens with two attached hydrogens (primary N) is 1. The molecule has 1 fully saturated rings. The second-order valence-corrected chi connectivity index (χ2v) is 3.91. The molecule has 0 atom stereocenters. The van der Waals surface area contributed by atoms with Crippen molar-refractivity contribution in [1.29, 1.82) is 0 Å². The van der Waals surface area contributed by atoms with Gasteiger partial charge in [0.1, 0.15) is 0 Å². The molecular formula is C9H17F2N. The lowest BCUT2D eigenvalue weighted by molar-refractivity contribution is -0.0573. The molecule has 12 heavy (non-hydrogen) atoms. The van der Waals surface area contributed by atoms with E-state index in [4.69, 9.17) is 5.73 Å². The van der Waals surface area contributed by atoms with E-state index in [-0.39, 0.29) is 0 Å². The number of hydrogen-bond donors (Lipinski definition) is 1. The van der Waals surface area contributed by atoms with Crippen molar-refractivity contribution in [3.8, 4) is 0 Å². The summed E-state index contributed by atoms with van der Waals surface area (Å²) in [5.74, 6) is -2.40. The molecule has 0 aromatic heterocycles. The molecule has 0 aliphatic heterocycles. The lowest BCUT2D eigenvalue weighted by atomic mass is 9.79. The zero-order chi connectivity index (χ0) is 9.19. The predicted octanol–water partition coefficient (Wildman–Crippen LogP) is 2.41. The van der Waals surface area contributed by atoms with Gasteiger partial charge in [-0.1, -0.05) is 0 Å². The summed E-state index contributed by atoms with van der Waals surface area (Å²) in [6.45, 7) is 1.68. The van der Waals surface area contributed by atoms with Crippen LogP contribution in [0, 0.1) is 11.8 Å². The van der Waals surface area contributed by atoms with E-state index in [2.05, 4.69) is 0 Å². The van der Waals surface area contributed by atoms with Crippen molar-refractivity contribution in [2.24, 2.45) is 17.6 Å². The van der Waals surface area contributed by atoms with Gasteiger partial charge in [-0.2, -0.15) is 0 Å². The SMILES string of the molecule is CC(F)(F)C1CCC(CN)CC1. The second-order valence-electron chi connectivity index (χ2n) is 3.91. The number of hydrogen-bond acceptors (Lipinski definition) is 1. The molecule has 0 heterocycles. The maximum atomic E-state index is 12.8. The van der Waals surface area contributed by atoms with Gasteiger partial charge in [0.15, 0.2) is 0 Å². The number of halogens is 2. The summed E-state index contributed by atoms with van der Waals surface area (Å²) in [5, 5.41) is 0. The molecule has 1 rings (SSSR count). The average Bonchev–Trinajstić information content (AvgIpc) is 2.03. The van der Waals surface area contributed by atoms with Gasteiger partial charge in [0, 0.05) is 5.92 Å². The molecule has 1 aliphatic carbocycles. The normalized spacial score (nSPS) is 32.0. The monoisotopic (exact) mass is 177 g/mol. The highest BCUT2D eigenvalue weighted by atomic mass is 19.3. The largest absolute Gasteiger partial charge is 0.330 e. The second kappa shape index (κ2) is 3.69. The predicted molar refractivity (Wildman–Crippen MR) is 45.1 cm³/mol. The van der Waals surface area contributed by atoms with Crippen molar-refractivity contribution in [2.45, 2.75) is 38.5 Å².